The molecule has 2 aromatic heterocycles. The normalized spacial score (nSPS) is 11.8. The predicted octanol–water partition coefficient (Wildman–Crippen LogP) is 2.45. The van der Waals surface area contributed by atoms with Crippen molar-refractivity contribution >= 4 is 11.5 Å². The van der Waals surface area contributed by atoms with E-state index in [1.807, 2.05) is 19.2 Å². The maximum absolute atomic E-state index is 4.39. The van der Waals surface area contributed by atoms with Crippen LogP contribution in [0.25, 0.3) is 5.65 Å². The Bertz CT molecular complexity index is 769. The number of hydrogen-bond donors (Lipinski definition) is 0. The van der Waals surface area contributed by atoms with Gasteiger partial charge in [-0.2, -0.15) is 0 Å². The van der Waals surface area contributed by atoms with Gasteiger partial charge in [0.2, 0.25) is 0 Å². The van der Waals surface area contributed by atoms with Gasteiger partial charge in [0.1, 0.15) is 0 Å². The number of fused-ring (bicyclic) bond motifs is 1. The molecule has 0 unspecified atom stereocenters. The SMILES string of the molecule is CN(Cc1ccc(C(C)(C)C)cc1)c1ccc2nnnn2n1. The molecule has 0 spiro atoms. The third-order valence-corrected chi connectivity index (χ3v) is 3.69. The van der Waals surface area contributed by atoms with Crippen molar-refractivity contribution in [2.24, 2.45) is 0 Å². The summed E-state index contributed by atoms with van der Waals surface area (Å²) >= 11 is 0. The van der Waals surface area contributed by atoms with Crippen molar-refractivity contribution < 1.29 is 0 Å². The Hall–Kier alpha value is -2.50. The van der Waals surface area contributed by atoms with Gasteiger partial charge in [0.15, 0.2) is 11.5 Å². The lowest BCUT2D eigenvalue weighted by molar-refractivity contribution is 0.590. The highest BCUT2D eigenvalue weighted by Gasteiger charge is 2.13. The number of anilines is 1. The molecule has 0 saturated heterocycles. The van der Waals surface area contributed by atoms with Gasteiger partial charge in [-0.3, -0.25) is 0 Å². The second kappa shape index (κ2) is 5.36. The average Bonchev–Trinajstić information content (AvgIpc) is 2.94. The quantitative estimate of drug-likeness (QED) is 0.743. The molecule has 1 aromatic carbocycles. The smallest absolute Gasteiger partial charge is 0.200 e. The molecule has 0 N–H and O–H groups in total. The molecule has 0 atom stereocenters. The summed E-state index contributed by atoms with van der Waals surface area (Å²) in [5.41, 5.74) is 3.41. The molecule has 3 rings (SSSR count). The topological polar surface area (TPSA) is 59.2 Å². The van der Waals surface area contributed by atoms with E-state index in [4.69, 9.17) is 0 Å². The molecule has 0 aliphatic carbocycles. The summed E-state index contributed by atoms with van der Waals surface area (Å²) in [4.78, 5) is 2.08. The van der Waals surface area contributed by atoms with Crippen LogP contribution < -0.4 is 4.90 Å². The van der Waals surface area contributed by atoms with Crippen LogP contribution in [0.2, 0.25) is 0 Å². The van der Waals surface area contributed by atoms with E-state index in [-0.39, 0.29) is 5.41 Å². The molecule has 0 amide bonds. The summed E-state index contributed by atoms with van der Waals surface area (Å²) in [6, 6.07) is 12.5. The molecule has 0 saturated carbocycles. The number of nitrogens with zero attached hydrogens (tertiary/aromatic N) is 6. The van der Waals surface area contributed by atoms with E-state index in [9.17, 15) is 0 Å². The molecule has 6 nitrogen and oxygen atoms in total. The monoisotopic (exact) mass is 296 g/mol. The Morgan fingerprint density at radius 1 is 1.05 bits per heavy atom. The van der Waals surface area contributed by atoms with E-state index < -0.39 is 0 Å². The van der Waals surface area contributed by atoms with Crippen LogP contribution in [0.4, 0.5) is 5.82 Å². The van der Waals surface area contributed by atoms with Crippen molar-refractivity contribution in [1.82, 2.24) is 25.3 Å². The average molecular weight is 296 g/mol. The van der Waals surface area contributed by atoms with Crippen LogP contribution in [0.5, 0.6) is 0 Å². The lowest BCUT2D eigenvalue weighted by Crippen LogP contribution is -2.19. The number of tetrazole rings is 1. The first kappa shape index (κ1) is 14.4. The fourth-order valence-electron chi connectivity index (χ4n) is 2.31. The van der Waals surface area contributed by atoms with E-state index >= 15 is 0 Å². The van der Waals surface area contributed by atoms with E-state index in [0.29, 0.717) is 5.65 Å². The predicted molar refractivity (Wildman–Crippen MR) is 85.8 cm³/mol. The summed E-state index contributed by atoms with van der Waals surface area (Å²) in [6.07, 6.45) is 0. The lowest BCUT2D eigenvalue weighted by Gasteiger charge is -2.21. The molecular weight excluding hydrogens is 276 g/mol. The highest BCUT2D eigenvalue weighted by atomic mass is 15.6. The fourth-order valence-corrected chi connectivity index (χ4v) is 2.31. The van der Waals surface area contributed by atoms with E-state index in [0.717, 1.165) is 12.4 Å². The number of rotatable bonds is 3. The number of benzene rings is 1. The van der Waals surface area contributed by atoms with Crippen molar-refractivity contribution in [2.45, 2.75) is 32.7 Å². The van der Waals surface area contributed by atoms with Gasteiger partial charge in [-0.05, 0) is 39.1 Å². The molecule has 0 fully saturated rings. The Kier molecular flexibility index (Phi) is 3.52. The third kappa shape index (κ3) is 2.90. The van der Waals surface area contributed by atoms with E-state index in [1.54, 1.807) is 0 Å². The van der Waals surface area contributed by atoms with Gasteiger partial charge >= 0.3 is 0 Å². The first-order chi connectivity index (χ1) is 10.4. The van der Waals surface area contributed by atoms with Crippen LogP contribution in [-0.4, -0.2) is 32.3 Å². The Morgan fingerprint density at radius 3 is 2.45 bits per heavy atom. The summed E-state index contributed by atoms with van der Waals surface area (Å²) in [5.74, 6) is 0.833. The van der Waals surface area contributed by atoms with Gasteiger partial charge in [-0.1, -0.05) is 45.0 Å². The zero-order valence-electron chi connectivity index (χ0n) is 13.4. The summed E-state index contributed by atoms with van der Waals surface area (Å²) in [7, 11) is 2.01. The van der Waals surface area contributed by atoms with Gasteiger partial charge in [-0.25, -0.2) is 0 Å². The summed E-state index contributed by atoms with van der Waals surface area (Å²) in [5, 5.41) is 15.7. The lowest BCUT2D eigenvalue weighted by atomic mass is 9.87. The van der Waals surface area contributed by atoms with Crippen molar-refractivity contribution in [1.29, 1.82) is 0 Å². The van der Waals surface area contributed by atoms with Crippen LogP contribution in [0.3, 0.4) is 0 Å². The molecule has 114 valence electrons. The first-order valence-electron chi connectivity index (χ1n) is 7.29. The highest BCUT2D eigenvalue weighted by molar-refractivity contribution is 5.44. The van der Waals surface area contributed by atoms with Crippen LogP contribution in [0, 0.1) is 0 Å². The molecule has 6 heteroatoms. The van der Waals surface area contributed by atoms with Crippen molar-refractivity contribution in [2.75, 3.05) is 11.9 Å². The minimum absolute atomic E-state index is 0.178. The van der Waals surface area contributed by atoms with E-state index in [2.05, 4.69) is 70.6 Å². The molecule has 0 radical (unpaired) electrons. The largest absolute Gasteiger partial charge is 0.354 e. The standard InChI is InChI=1S/C16H20N6/c1-16(2,3)13-7-5-12(6-8-13)11-21(4)15-10-9-14-17-19-20-22(14)18-15/h5-10H,11H2,1-4H3. The third-order valence-electron chi connectivity index (χ3n) is 3.69. The molecule has 22 heavy (non-hydrogen) atoms. The first-order valence-corrected chi connectivity index (χ1v) is 7.29. The van der Waals surface area contributed by atoms with E-state index in [1.165, 1.54) is 15.8 Å². The summed E-state index contributed by atoms with van der Waals surface area (Å²) < 4.78 is 1.44. The van der Waals surface area contributed by atoms with Gasteiger partial charge in [0.25, 0.3) is 0 Å². The zero-order valence-corrected chi connectivity index (χ0v) is 13.4. The van der Waals surface area contributed by atoms with Crippen LogP contribution >= 0.6 is 0 Å². The van der Waals surface area contributed by atoms with Crippen molar-refractivity contribution in [3.8, 4) is 0 Å². The second-order valence-electron chi connectivity index (χ2n) is 6.52. The minimum Gasteiger partial charge on any atom is -0.354 e. The van der Waals surface area contributed by atoms with Crippen LogP contribution in [0.15, 0.2) is 36.4 Å². The van der Waals surface area contributed by atoms with Crippen molar-refractivity contribution in [3.63, 3.8) is 0 Å². The van der Waals surface area contributed by atoms with Gasteiger partial charge < -0.3 is 4.90 Å². The molecule has 3 aromatic rings. The van der Waals surface area contributed by atoms with Gasteiger partial charge in [0, 0.05) is 13.6 Å². The molecule has 2 heterocycles. The maximum Gasteiger partial charge on any atom is 0.200 e. The molecule has 0 aliphatic rings. The Morgan fingerprint density at radius 2 is 1.77 bits per heavy atom. The molecule has 0 aliphatic heterocycles. The van der Waals surface area contributed by atoms with Gasteiger partial charge in [-0.15, -0.1) is 14.8 Å². The second-order valence-corrected chi connectivity index (χ2v) is 6.52. The summed E-state index contributed by atoms with van der Waals surface area (Å²) in [6.45, 7) is 7.45. The molecule has 0 bridgehead atoms. The Labute approximate surface area is 129 Å². The minimum atomic E-state index is 0.178. The molecular formula is C16H20N6. The number of hydrogen-bond acceptors (Lipinski definition) is 5. The van der Waals surface area contributed by atoms with Crippen LogP contribution in [0.1, 0.15) is 31.9 Å². The highest BCUT2D eigenvalue weighted by Crippen LogP contribution is 2.22. The number of aromatic nitrogens is 5. The van der Waals surface area contributed by atoms with Gasteiger partial charge in [0.05, 0.1) is 0 Å². The zero-order chi connectivity index (χ0) is 15.7. The Balaban J connectivity index is 1.77. The van der Waals surface area contributed by atoms with Crippen LogP contribution in [-0.2, 0) is 12.0 Å². The fraction of sp³-hybridized carbons (Fsp3) is 0.375. The maximum atomic E-state index is 4.39. The van der Waals surface area contributed by atoms with Crippen molar-refractivity contribution in [3.05, 3.63) is 47.5 Å².